The van der Waals surface area contributed by atoms with Crippen LogP contribution in [0.3, 0.4) is 0 Å². The molecule has 0 N–H and O–H groups in total. The first-order chi connectivity index (χ1) is 11.6. The number of aryl methyl sites for hydroxylation is 1. The van der Waals surface area contributed by atoms with Gasteiger partial charge in [0.15, 0.2) is 4.80 Å². The summed E-state index contributed by atoms with van der Waals surface area (Å²) in [5.41, 5.74) is 1.56. The second kappa shape index (κ2) is 7.32. The topological polar surface area (TPSA) is 43.6 Å². The van der Waals surface area contributed by atoms with E-state index < -0.39 is 0 Å². The first kappa shape index (κ1) is 16.9. The molecule has 3 aromatic rings. The fraction of sp³-hybridized carbons (Fsp3) is 0.222. The Kier molecular flexibility index (Phi) is 5.16. The molecule has 3 rings (SSSR count). The number of benzene rings is 2. The van der Waals surface area contributed by atoms with E-state index in [1.807, 2.05) is 30.3 Å². The predicted molar refractivity (Wildman–Crippen MR) is 101 cm³/mol. The van der Waals surface area contributed by atoms with E-state index in [1.54, 1.807) is 19.2 Å². The Bertz CT molecular complexity index is 959. The maximum Gasteiger partial charge on any atom is 0.279 e. The number of ether oxygens (including phenoxy) is 1. The molecule has 24 heavy (non-hydrogen) atoms. The lowest BCUT2D eigenvalue weighted by Gasteiger charge is -2.07. The molecule has 0 saturated heterocycles. The fourth-order valence-electron chi connectivity index (χ4n) is 2.55. The molecule has 0 saturated carbocycles. The highest BCUT2D eigenvalue weighted by Crippen LogP contribution is 2.27. The molecule has 1 amide bonds. The number of methoxy groups -OCH3 is 1. The second-order valence-corrected chi connectivity index (χ2v) is 7.20. The van der Waals surface area contributed by atoms with Crippen molar-refractivity contribution in [2.45, 2.75) is 19.9 Å². The van der Waals surface area contributed by atoms with Gasteiger partial charge in [0, 0.05) is 16.6 Å². The predicted octanol–water partition coefficient (Wildman–Crippen LogP) is 4.63. The van der Waals surface area contributed by atoms with E-state index >= 15 is 0 Å². The van der Waals surface area contributed by atoms with Crippen LogP contribution >= 0.6 is 27.3 Å². The molecule has 1 aromatic heterocycles. The van der Waals surface area contributed by atoms with E-state index in [2.05, 4.69) is 32.4 Å². The maximum absolute atomic E-state index is 12.5. The Labute approximate surface area is 152 Å². The average Bonchev–Trinajstić information content (AvgIpc) is 2.92. The van der Waals surface area contributed by atoms with Crippen molar-refractivity contribution < 1.29 is 9.53 Å². The summed E-state index contributed by atoms with van der Waals surface area (Å²) in [5.74, 6) is 0.556. The Morgan fingerprint density at radius 1 is 1.29 bits per heavy atom. The van der Waals surface area contributed by atoms with Gasteiger partial charge in [-0.3, -0.25) is 4.79 Å². The molecule has 0 fully saturated rings. The minimum absolute atomic E-state index is 0.244. The van der Waals surface area contributed by atoms with Crippen LogP contribution < -0.4 is 9.54 Å². The standard InChI is InChI=1S/C18H17BrN2O2S/c1-3-10-21-16-14(23-2)8-5-9-15(16)24-18(21)20-17(22)12-6-4-7-13(19)11-12/h4-9,11H,3,10H2,1-2H3. The maximum atomic E-state index is 12.5. The number of fused-ring (bicyclic) bond motifs is 1. The van der Waals surface area contributed by atoms with Crippen molar-refractivity contribution in [3.05, 3.63) is 57.3 Å². The minimum Gasteiger partial charge on any atom is -0.495 e. The lowest BCUT2D eigenvalue weighted by atomic mass is 10.2. The van der Waals surface area contributed by atoms with Crippen molar-refractivity contribution in [1.29, 1.82) is 0 Å². The molecular formula is C18H17BrN2O2S. The van der Waals surface area contributed by atoms with E-state index in [9.17, 15) is 4.79 Å². The highest BCUT2D eigenvalue weighted by molar-refractivity contribution is 9.10. The van der Waals surface area contributed by atoms with E-state index in [-0.39, 0.29) is 5.91 Å². The second-order valence-electron chi connectivity index (χ2n) is 5.27. The van der Waals surface area contributed by atoms with Crippen LogP contribution in [-0.2, 0) is 6.54 Å². The minimum atomic E-state index is -0.244. The summed E-state index contributed by atoms with van der Waals surface area (Å²) in [7, 11) is 1.66. The lowest BCUT2D eigenvalue weighted by Crippen LogP contribution is -2.17. The van der Waals surface area contributed by atoms with Crippen LogP contribution in [-0.4, -0.2) is 17.6 Å². The zero-order valence-corrected chi connectivity index (χ0v) is 15.9. The van der Waals surface area contributed by atoms with Gasteiger partial charge in [0.25, 0.3) is 5.91 Å². The van der Waals surface area contributed by atoms with Crippen LogP contribution in [0.5, 0.6) is 5.75 Å². The normalized spacial score (nSPS) is 11.9. The molecule has 0 radical (unpaired) electrons. The van der Waals surface area contributed by atoms with Crippen molar-refractivity contribution in [2.75, 3.05) is 7.11 Å². The molecule has 0 aliphatic heterocycles. The molecule has 4 nitrogen and oxygen atoms in total. The third kappa shape index (κ3) is 3.30. The smallest absolute Gasteiger partial charge is 0.279 e. The summed E-state index contributed by atoms with van der Waals surface area (Å²) in [5, 5.41) is 0. The Balaban J connectivity index is 2.18. The Hall–Kier alpha value is -1.92. The number of aromatic nitrogens is 1. The van der Waals surface area contributed by atoms with Crippen molar-refractivity contribution in [3.63, 3.8) is 0 Å². The largest absolute Gasteiger partial charge is 0.495 e. The molecule has 124 valence electrons. The zero-order valence-electron chi connectivity index (χ0n) is 13.5. The number of para-hydroxylation sites is 1. The summed E-state index contributed by atoms with van der Waals surface area (Å²) >= 11 is 4.89. The average molecular weight is 405 g/mol. The highest BCUT2D eigenvalue weighted by Gasteiger charge is 2.12. The van der Waals surface area contributed by atoms with Gasteiger partial charge >= 0.3 is 0 Å². The number of halogens is 1. The molecule has 0 bridgehead atoms. The molecule has 0 aliphatic carbocycles. The van der Waals surface area contributed by atoms with Crippen LogP contribution in [0.2, 0.25) is 0 Å². The summed E-state index contributed by atoms with van der Waals surface area (Å²) in [4.78, 5) is 17.6. The third-order valence-electron chi connectivity index (χ3n) is 3.60. The van der Waals surface area contributed by atoms with Gasteiger partial charge < -0.3 is 9.30 Å². The number of amides is 1. The van der Waals surface area contributed by atoms with E-state index in [0.717, 1.165) is 33.4 Å². The van der Waals surface area contributed by atoms with Crippen molar-refractivity contribution in [1.82, 2.24) is 4.57 Å². The number of carbonyl (C=O) groups excluding carboxylic acids is 1. The molecule has 2 aromatic carbocycles. The molecule has 0 atom stereocenters. The molecule has 0 spiro atoms. The number of hydrogen-bond acceptors (Lipinski definition) is 3. The fourth-order valence-corrected chi connectivity index (χ4v) is 4.02. The van der Waals surface area contributed by atoms with Gasteiger partial charge in [0.2, 0.25) is 0 Å². The summed E-state index contributed by atoms with van der Waals surface area (Å²) < 4.78 is 9.47. The number of carbonyl (C=O) groups is 1. The number of hydrogen-bond donors (Lipinski definition) is 0. The zero-order chi connectivity index (χ0) is 17.1. The van der Waals surface area contributed by atoms with E-state index in [0.29, 0.717) is 10.4 Å². The van der Waals surface area contributed by atoms with Gasteiger partial charge in [-0.15, -0.1) is 0 Å². The molecule has 0 unspecified atom stereocenters. The molecular weight excluding hydrogens is 388 g/mol. The van der Waals surface area contributed by atoms with Crippen LogP contribution in [0.15, 0.2) is 51.9 Å². The van der Waals surface area contributed by atoms with Crippen LogP contribution in [0.25, 0.3) is 10.2 Å². The van der Waals surface area contributed by atoms with E-state index in [1.165, 1.54) is 11.3 Å². The molecule has 1 heterocycles. The number of rotatable bonds is 4. The van der Waals surface area contributed by atoms with Gasteiger partial charge in [-0.1, -0.05) is 46.3 Å². The molecule has 0 aliphatic rings. The summed E-state index contributed by atoms with van der Waals surface area (Å²) in [6.45, 7) is 2.89. The first-order valence-corrected chi connectivity index (χ1v) is 9.26. The van der Waals surface area contributed by atoms with Crippen LogP contribution in [0.1, 0.15) is 23.7 Å². The number of nitrogens with zero attached hydrogens (tertiary/aromatic N) is 2. The number of thiazole rings is 1. The van der Waals surface area contributed by atoms with Gasteiger partial charge in [-0.05, 0) is 36.8 Å². The van der Waals surface area contributed by atoms with Gasteiger partial charge in [0.05, 0.1) is 11.8 Å². The first-order valence-electron chi connectivity index (χ1n) is 7.65. The highest BCUT2D eigenvalue weighted by atomic mass is 79.9. The van der Waals surface area contributed by atoms with Crippen molar-refractivity contribution in [2.24, 2.45) is 4.99 Å². The monoisotopic (exact) mass is 404 g/mol. The summed E-state index contributed by atoms with van der Waals surface area (Å²) in [6.07, 6.45) is 0.947. The quantitative estimate of drug-likeness (QED) is 0.636. The lowest BCUT2D eigenvalue weighted by molar-refractivity contribution is 0.0997. The van der Waals surface area contributed by atoms with Crippen molar-refractivity contribution in [3.8, 4) is 5.75 Å². The van der Waals surface area contributed by atoms with Gasteiger partial charge in [-0.2, -0.15) is 4.99 Å². The molecule has 6 heteroatoms. The Morgan fingerprint density at radius 3 is 2.79 bits per heavy atom. The van der Waals surface area contributed by atoms with Gasteiger partial charge in [-0.25, -0.2) is 0 Å². The third-order valence-corrected chi connectivity index (χ3v) is 5.14. The van der Waals surface area contributed by atoms with Crippen molar-refractivity contribution >= 4 is 43.4 Å². The van der Waals surface area contributed by atoms with Gasteiger partial charge in [0.1, 0.15) is 11.3 Å². The SMILES string of the molecule is CCCn1c(=NC(=O)c2cccc(Br)c2)sc2cccc(OC)c21. The summed E-state index contributed by atoms with van der Waals surface area (Å²) in [6, 6.07) is 13.2. The van der Waals surface area contributed by atoms with E-state index in [4.69, 9.17) is 4.74 Å². The van der Waals surface area contributed by atoms with Crippen LogP contribution in [0, 0.1) is 0 Å². The Morgan fingerprint density at radius 2 is 2.08 bits per heavy atom. The van der Waals surface area contributed by atoms with Crippen LogP contribution in [0.4, 0.5) is 0 Å².